The molecule has 0 saturated carbocycles. The average Bonchev–Trinajstić information content (AvgIpc) is 2.50. The van der Waals surface area contributed by atoms with Crippen LogP contribution in [0.3, 0.4) is 0 Å². The van der Waals surface area contributed by atoms with Crippen molar-refractivity contribution in [1.29, 1.82) is 0 Å². The summed E-state index contributed by atoms with van der Waals surface area (Å²) < 4.78 is 4.98. The van der Waals surface area contributed by atoms with E-state index in [2.05, 4.69) is 9.97 Å². The van der Waals surface area contributed by atoms with E-state index in [1.165, 1.54) is 7.11 Å². The summed E-state index contributed by atoms with van der Waals surface area (Å²) in [5, 5.41) is 10.5. The Bertz CT molecular complexity index is 890. The number of aromatic nitrogens is 2. The van der Waals surface area contributed by atoms with E-state index in [4.69, 9.17) is 16.3 Å². The normalized spacial score (nSPS) is 10.8. The molecule has 0 atom stereocenters. The van der Waals surface area contributed by atoms with Crippen LogP contribution in [-0.4, -0.2) is 22.2 Å². The molecule has 0 fully saturated rings. The molecule has 2 aromatic carbocycles. The van der Waals surface area contributed by atoms with Gasteiger partial charge in [-0.1, -0.05) is 23.7 Å². The van der Waals surface area contributed by atoms with E-state index in [1.807, 2.05) is 0 Å². The fraction of sp³-hybridized carbons (Fsp3) is 0.0667. The van der Waals surface area contributed by atoms with Crippen LogP contribution < -0.4 is 10.3 Å². The summed E-state index contributed by atoms with van der Waals surface area (Å²) in [4.78, 5) is 19.1. The van der Waals surface area contributed by atoms with Crippen molar-refractivity contribution in [3.05, 3.63) is 51.8 Å². The topological polar surface area (TPSA) is 75.2 Å². The minimum atomic E-state index is -0.262. The summed E-state index contributed by atoms with van der Waals surface area (Å²) in [6, 6.07) is 10.2. The molecule has 0 saturated heterocycles. The summed E-state index contributed by atoms with van der Waals surface area (Å²) in [6.45, 7) is 0. The Balaban J connectivity index is 2.26. The van der Waals surface area contributed by atoms with Crippen molar-refractivity contribution in [2.75, 3.05) is 7.11 Å². The number of aromatic amines is 1. The molecule has 0 amide bonds. The molecule has 0 radical (unpaired) electrons. The van der Waals surface area contributed by atoms with Crippen molar-refractivity contribution in [2.24, 2.45) is 0 Å². The van der Waals surface area contributed by atoms with Crippen LogP contribution in [0.5, 0.6) is 11.5 Å². The fourth-order valence-corrected chi connectivity index (χ4v) is 2.35. The first-order chi connectivity index (χ1) is 10.1. The zero-order chi connectivity index (χ0) is 15.0. The van der Waals surface area contributed by atoms with Gasteiger partial charge < -0.3 is 14.8 Å². The van der Waals surface area contributed by atoms with Crippen LogP contribution in [-0.2, 0) is 0 Å². The summed E-state index contributed by atoms with van der Waals surface area (Å²) in [6.07, 6.45) is 0. The number of benzene rings is 2. The number of rotatable bonds is 2. The van der Waals surface area contributed by atoms with Gasteiger partial charge in [0.2, 0.25) is 0 Å². The van der Waals surface area contributed by atoms with Gasteiger partial charge in [0.1, 0.15) is 5.82 Å². The van der Waals surface area contributed by atoms with Gasteiger partial charge in [0.05, 0.1) is 23.0 Å². The Morgan fingerprint density at radius 2 is 2.00 bits per heavy atom. The smallest absolute Gasteiger partial charge is 0.259 e. The van der Waals surface area contributed by atoms with Crippen LogP contribution in [0.4, 0.5) is 0 Å². The van der Waals surface area contributed by atoms with Gasteiger partial charge in [-0.05, 0) is 24.3 Å². The minimum Gasteiger partial charge on any atom is -0.503 e. The number of H-pyrrole nitrogens is 1. The number of fused-ring (bicyclic) bond motifs is 1. The van der Waals surface area contributed by atoms with E-state index in [0.29, 0.717) is 22.3 Å². The number of phenolic OH excluding ortho intramolecular Hbond substituents is 1. The maximum Gasteiger partial charge on any atom is 0.259 e. The average molecular weight is 303 g/mol. The predicted octanol–water partition coefficient (Wildman–Crippen LogP) is 2.96. The summed E-state index contributed by atoms with van der Waals surface area (Å²) >= 11 is 6.12. The van der Waals surface area contributed by atoms with Gasteiger partial charge in [-0.2, -0.15) is 0 Å². The lowest BCUT2D eigenvalue weighted by Crippen LogP contribution is -2.09. The molecular formula is C15H11ClN2O3. The molecule has 2 N–H and O–H groups in total. The van der Waals surface area contributed by atoms with Gasteiger partial charge in [0.15, 0.2) is 11.5 Å². The SMILES string of the molecule is COc1ccc(-c2nc3ccccc3c(=O)[nH]2)c(Cl)c1O. The Labute approximate surface area is 124 Å². The van der Waals surface area contributed by atoms with E-state index in [-0.39, 0.29) is 22.1 Å². The number of para-hydroxylation sites is 1. The van der Waals surface area contributed by atoms with E-state index in [1.54, 1.807) is 36.4 Å². The maximum absolute atomic E-state index is 12.1. The minimum absolute atomic E-state index is 0.0766. The number of methoxy groups -OCH3 is 1. The number of nitrogens with zero attached hydrogens (tertiary/aromatic N) is 1. The largest absolute Gasteiger partial charge is 0.503 e. The predicted molar refractivity (Wildman–Crippen MR) is 81.0 cm³/mol. The second kappa shape index (κ2) is 5.10. The van der Waals surface area contributed by atoms with Crippen LogP contribution in [0, 0.1) is 0 Å². The first kappa shape index (κ1) is 13.5. The van der Waals surface area contributed by atoms with Gasteiger partial charge in [-0.15, -0.1) is 0 Å². The third-order valence-electron chi connectivity index (χ3n) is 3.17. The van der Waals surface area contributed by atoms with Gasteiger partial charge in [0, 0.05) is 5.56 Å². The number of hydrogen-bond acceptors (Lipinski definition) is 4. The van der Waals surface area contributed by atoms with Crippen molar-refractivity contribution in [2.45, 2.75) is 0 Å². The first-order valence-corrected chi connectivity index (χ1v) is 6.54. The molecule has 3 rings (SSSR count). The summed E-state index contributed by atoms with van der Waals surface area (Å²) in [7, 11) is 1.43. The molecule has 0 aliphatic rings. The zero-order valence-corrected chi connectivity index (χ0v) is 11.8. The Morgan fingerprint density at radius 3 is 2.76 bits per heavy atom. The molecule has 106 valence electrons. The molecule has 0 spiro atoms. The number of hydrogen-bond donors (Lipinski definition) is 2. The lowest BCUT2D eigenvalue weighted by atomic mass is 10.1. The van der Waals surface area contributed by atoms with Crippen LogP contribution >= 0.6 is 11.6 Å². The van der Waals surface area contributed by atoms with Gasteiger partial charge in [-0.25, -0.2) is 4.98 Å². The number of phenols is 1. The highest BCUT2D eigenvalue weighted by Gasteiger charge is 2.15. The third kappa shape index (κ3) is 2.21. The van der Waals surface area contributed by atoms with Gasteiger partial charge in [0.25, 0.3) is 5.56 Å². The molecule has 21 heavy (non-hydrogen) atoms. The Kier molecular flexibility index (Phi) is 3.27. The zero-order valence-electron chi connectivity index (χ0n) is 11.1. The van der Waals surface area contributed by atoms with Crippen LogP contribution in [0.15, 0.2) is 41.2 Å². The van der Waals surface area contributed by atoms with Crippen molar-refractivity contribution in [3.63, 3.8) is 0 Å². The molecule has 0 unspecified atom stereocenters. The van der Waals surface area contributed by atoms with E-state index in [0.717, 1.165) is 0 Å². The lowest BCUT2D eigenvalue weighted by molar-refractivity contribution is 0.374. The van der Waals surface area contributed by atoms with Crippen LogP contribution in [0.2, 0.25) is 5.02 Å². The van der Waals surface area contributed by atoms with Crippen molar-refractivity contribution in [3.8, 4) is 22.9 Å². The molecule has 1 heterocycles. The molecule has 0 aliphatic heterocycles. The molecule has 5 nitrogen and oxygen atoms in total. The monoisotopic (exact) mass is 302 g/mol. The molecule has 0 bridgehead atoms. The summed E-state index contributed by atoms with van der Waals surface area (Å²) in [5.41, 5.74) is 0.724. The molecule has 6 heteroatoms. The highest BCUT2D eigenvalue weighted by Crippen LogP contribution is 2.39. The van der Waals surface area contributed by atoms with E-state index in [9.17, 15) is 9.90 Å². The van der Waals surface area contributed by atoms with Crippen LogP contribution in [0.25, 0.3) is 22.3 Å². The second-order valence-corrected chi connectivity index (χ2v) is 4.79. The van der Waals surface area contributed by atoms with Gasteiger partial charge in [-0.3, -0.25) is 4.79 Å². The maximum atomic E-state index is 12.1. The number of halogens is 1. The van der Waals surface area contributed by atoms with Crippen LogP contribution in [0.1, 0.15) is 0 Å². The first-order valence-electron chi connectivity index (χ1n) is 6.16. The van der Waals surface area contributed by atoms with E-state index >= 15 is 0 Å². The standard InChI is InChI=1S/C15H11ClN2O3/c1-21-11-7-6-9(12(16)13(11)19)14-17-10-5-3-2-4-8(10)15(20)18-14/h2-7,19H,1H3,(H,17,18,20). The molecular weight excluding hydrogens is 292 g/mol. The number of ether oxygens (including phenoxy) is 1. The van der Waals surface area contributed by atoms with E-state index < -0.39 is 0 Å². The molecule has 1 aromatic heterocycles. The van der Waals surface area contributed by atoms with Crippen molar-refractivity contribution < 1.29 is 9.84 Å². The highest BCUT2D eigenvalue weighted by atomic mass is 35.5. The number of nitrogens with one attached hydrogen (secondary N) is 1. The fourth-order valence-electron chi connectivity index (χ4n) is 2.11. The molecule has 0 aliphatic carbocycles. The van der Waals surface area contributed by atoms with Crippen molar-refractivity contribution in [1.82, 2.24) is 9.97 Å². The number of aromatic hydroxyl groups is 1. The second-order valence-electron chi connectivity index (χ2n) is 4.41. The highest BCUT2D eigenvalue weighted by molar-refractivity contribution is 6.34. The Hall–Kier alpha value is -2.53. The lowest BCUT2D eigenvalue weighted by Gasteiger charge is -2.09. The Morgan fingerprint density at radius 1 is 1.24 bits per heavy atom. The molecule has 3 aromatic rings. The van der Waals surface area contributed by atoms with Gasteiger partial charge >= 0.3 is 0 Å². The third-order valence-corrected chi connectivity index (χ3v) is 3.55. The quantitative estimate of drug-likeness (QED) is 0.763. The van der Waals surface area contributed by atoms with Crippen molar-refractivity contribution >= 4 is 22.5 Å². The summed E-state index contributed by atoms with van der Waals surface area (Å²) in [5.74, 6) is 0.362.